The zero-order chi connectivity index (χ0) is 14.1. The molecule has 0 amide bonds. The third kappa shape index (κ3) is 6.68. The number of aliphatic hydroxyl groups excluding tert-OH is 1. The molecule has 0 spiro atoms. The number of piperidine rings is 1. The summed E-state index contributed by atoms with van der Waals surface area (Å²) in [6.07, 6.45) is 0.756. The molecular formula is C14H30N2O3. The van der Waals surface area contributed by atoms with Crippen LogP contribution in [0.2, 0.25) is 0 Å². The molecule has 2 N–H and O–H groups in total. The first-order valence-electron chi connectivity index (χ1n) is 7.37. The van der Waals surface area contributed by atoms with Crippen molar-refractivity contribution < 1.29 is 14.6 Å². The van der Waals surface area contributed by atoms with E-state index in [0.29, 0.717) is 38.3 Å². The Morgan fingerprint density at radius 2 is 2.21 bits per heavy atom. The van der Waals surface area contributed by atoms with Crippen LogP contribution < -0.4 is 5.32 Å². The van der Waals surface area contributed by atoms with E-state index in [4.69, 9.17) is 9.47 Å². The molecule has 1 rings (SSSR count). The van der Waals surface area contributed by atoms with E-state index in [2.05, 4.69) is 24.1 Å². The lowest BCUT2D eigenvalue weighted by atomic mass is 9.93. The molecule has 0 aromatic carbocycles. The zero-order valence-electron chi connectivity index (χ0n) is 12.6. The van der Waals surface area contributed by atoms with Crippen molar-refractivity contribution in [2.75, 3.05) is 53.1 Å². The van der Waals surface area contributed by atoms with Gasteiger partial charge in [0.25, 0.3) is 0 Å². The second-order valence-electron chi connectivity index (χ2n) is 5.41. The Kier molecular flexibility index (Phi) is 8.57. The number of nitrogens with zero attached hydrogens (tertiary/aromatic N) is 1. The van der Waals surface area contributed by atoms with Crippen LogP contribution in [0.4, 0.5) is 0 Å². The van der Waals surface area contributed by atoms with Gasteiger partial charge in [-0.15, -0.1) is 0 Å². The van der Waals surface area contributed by atoms with Crippen LogP contribution in [0.3, 0.4) is 0 Å². The van der Waals surface area contributed by atoms with Gasteiger partial charge in [-0.25, -0.2) is 0 Å². The SMILES string of the molecule is CCNC1CCN(CC(O)COCCOC)CC1C. The van der Waals surface area contributed by atoms with E-state index >= 15 is 0 Å². The van der Waals surface area contributed by atoms with Crippen LogP contribution in [0.15, 0.2) is 0 Å². The Morgan fingerprint density at radius 3 is 2.84 bits per heavy atom. The maximum absolute atomic E-state index is 9.93. The summed E-state index contributed by atoms with van der Waals surface area (Å²) in [5, 5.41) is 13.5. The van der Waals surface area contributed by atoms with Crippen molar-refractivity contribution in [3.8, 4) is 0 Å². The molecule has 1 aliphatic rings. The average molecular weight is 274 g/mol. The Morgan fingerprint density at radius 1 is 1.42 bits per heavy atom. The van der Waals surface area contributed by atoms with E-state index in [1.165, 1.54) is 0 Å². The summed E-state index contributed by atoms with van der Waals surface area (Å²) in [6, 6.07) is 0.622. The minimum atomic E-state index is -0.403. The summed E-state index contributed by atoms with van der Waals surface area (Å²) in [5.74, 6) is 0.635. The van der Waals surface area contributed by atoms with E-state index in [1.54, 1.807) is 7.11 Å². The van der Waals surface area contributed by atoms with Gasteiger partial charge in [0.05, 0.1) is 25.9 Å². The molecule has 1 heterocycles. The average Bonchev–Trinajstić information content (AvgIpc) is 2.38. The summed E-state index contributed by atoms with van der Waals surface area (Å²) < 4.78 is 10.2. The van der Waals surface area contributed by atoms with Crippen LogP contribution in [-0.2, 0) is 9.47 Å². The Labute approximate surface area is 117 Å². The number of hydrogen-bond acceptors (Lipinski definition) is 5. The van der Waals surface area contributed by atoms with E-state index in [9.17, 15) is 5.11 Å². The highest BCUT2D eigenvalue weighted by molar-refractivity contribution is 4.83. The highest BCUT2D eigenvalue weighted by Gasteiger charge is 2.26. The second-order valence-corrected chi connectivity index (χ2v) is 5.41. The number of methoxy groups -OCH3 is 1. The predicted octanol–water partition coefficient (Wildman–Crippen LogP) is 0.330. The maximum atomic E-state index is 9.93. The van der Waals surface area contributed by atoms with Gasteiger partial charge >= 0.3 is 0 Å². The van der Waals surface area contributed by atoms with Gasteiger partial charge in [0, 0.05) is 26.2 Å². The second kappa shape index (κ2) is 9.66. The fraction of sp³-hybridized carbons (Fsp3) is 1.00. The smallest absolute Gasteiger partial charge is 0.0900 e. The molecule has 0 aromatic rings. The molecular weight excluding hydrogens is 244 g/mol. The summed E-state index contributed by atoms with van der Waals surface area (Å²) in [4.78, 5) is 2.34. The fourth-order valence-corrected chi connectivity index (χ4v) is 2.68. The van der Waals surface area contributed by atoms with Gasteiger partial charge in [0.1, 0.15) is 0 Å². The number of likely N-dealkylation sites (tertiary alicyclic amines) is 1. The van der Waals surface area contributed by atoms with Crippen molar-refractivity contribution in [2.45, 2.75) is 32.4 Å². The number of β-amino-alcohol motifs (C(OH)–C–C–N with tert-alkyl or cyclic N) is 1. The summed E-state index contributed by atoms with van der Waals surface area (Å²) in [7, 11) is 1.65. The first-order valence-corrected chi connectivity index (χ1v) is 7.37. The topological polar surface area (TPSA) is 54.0 Å². The van der Waals surface area contributed by atoms with Crippen molar-refractivity contribution >= 4 is 0 Å². The Bertz CT molecular complexity index is 229. The first kappa shape index (κ1) is 16.9. The zero-order valence-corrected chi connectivity index (χ0v) is 12.6. The molecule has 5 nitrogen and oxygen atoms in total. The molecule has 3 atom stereocenters. The van der Waals surface area contributed by atoms with Gasteiger partial charge in [-0.1, -0.05) is 13.8 Å². The van der Waals surface area contributed by atoms with Crippen LogP contribution in [0.1, 0.15) is 20.3 Å². The third-order valence-corrected chi connectivity index (χ3v) is 3.67. The first-order chi connectivity index (χ1) is 9.17. The number of rotatable bonds is 9. The lowest BCUT2D eigenvalue weighted by Crippen LogP contribution is -2.50. The molecule has 0 bridgehead atoms. The van der Waals surface area contributed by atoms with E-state index in [1.807, 2.05) is 0 Å². The standard InChI is InChI=1S/C14H30N2O3/c1-4-15-14-5-6-16(9-12(14)2)10-13(17)11-19-8-7-18-3/h12-15,17H,4-11H2,1-3H3. The lowest BCUT2D eigenvalue weighted by Gasteiger charge is -2.38. The summed E-state index contributed by atoms with van der Waals surface area (Å²) in [6.45, 7) is 9.79. The van der Waals surface area contributed by atoms with Crippen LogP contribution in [-0.4, -0.2) is 75.3 Å². The van der Waals surface area contributed by atoms with Gasteiger partial charge in [-0.05, 0) is 25.4 Å². The van der Waals surface area contributed by atoms with Crippen molar-refractivity contribution in [1.29, 1.82) is 0 Å². The van der Waals surface area contributed by atoms with Crippen molar-refractivity contribution in [1.82, 2.24) is 10.2 Å². The monoisotopic (exact) mass is 274 g/mol. The summed E-state index contributed by atoms with van der Waals surface area (Å²) in [5.41, 5.74) is 0. The van der Waals surface area contributed by atoms with Gasteiger partial charge in [0.15, 0.2) is 0 Å². The molecule has 1 aliphatic heterocycles. The molecule has 0 aromatic heterocycles. The van der Waals surface area contributed by atoms with Gasteiger partial charge in [-0.2, -0.15) is 0 Å². The molecule has 0 radical (unpaired) electrons. The van der Waals surface area contributed by atoms with E-state index < -0.39 is 6.10 Å². The fourth-order valence-electron chi connectivity index (χ4n) is 2.68. The van der Waals surface area contributed by atoms with Crippen molar-refractivity contribution in [3.05, 3.63) is 0 Å². The maximum Gasteiger partial charge on any atom is 0.0900 e. The molecule has 5 heteroatoms. The van der Waals surface area contributed by atoms with Crippen molar-refractivity contribution in [3.63, 3.8) is 0 Å². The number of aliphatic hydroxyl groups is 1. The number of ether oxygens (including phenoxy) is 2. The molecule has 1 fully saturated rings. The highest BCUT2D eigenvalue weighted by Crippen LogP contribution is 2.16. The molecule has 19 heavy (non-hydrogen) atoms. The predicted molar refractivity (Wildman–Crippen MR) is 76.4 cm³/mol. The number of nitrogens with one attached hydrogen (secondary N) is 1. The minimum Gasteiger partial charge on any atom is -0.389 e. The molecule has 0 aliphatic carbocycles. The minimum absolute atomic E-state index is 0.394. The van der Waals surface area contributed by atoms with Gasteiger partial charge in [-0.3, -0.25) is 0 Å². The van der Waals surface area contributed by atoms with E-state index in [0.717, 1.165) is 26.1 Å². The van der Waals surface area contributed by atoms with E-state index in [-0.39, 0.29) is 0 Å². The molecule has 3 unspecified atom stereocenters. The van der Waals surface area contributed by atoms with Crippen LogP contribution >= 0.6 is 0 Å². The van der Waals surface area contributed by atoms with Gasteiger partial charge < -0.3 is 24.8 Å². The Balaban J connectivity index is 2.16. The Hall–Kier alpha value is -0.200. The quantitative estimate of drug-likeness (QED) is 0.594. The van der Waals surface area contributed by atoms with Gasteiger partial charge in [0.2, 0.25) is 0 Å². The van der Waals surface area contributed by atoms with Crippen molar-refractivity contribution in [2.24, 2.45) is 5.92 Å². The molecule has 0 saturated carbocycles. The number of hydrogen-bond donors (Lipinski definition) is 2. The normalized spacial score (nSPS) is 26.5. The van der Waals surface area contributed by atoms with Crippen LogP contribution in [0.5, 0.6) is 0 Å². The largest absolute Gasteiger partial charge is 0.389 e. The molecule has 114 valence electrons. The van der Waals surface area contributed by atoms with Crippen LogP contribution in [0.25, 0.3) is 0 Å². The molecule has 1 saturated heterocycles. The third-order valence-electron chi connectivity index (χ3n) is 3.67. The lowest BCUT2D eigenvalue weighted by molar-refractivity contribution is -0.00712. The van der Waals surface area contributed by atoms with Crippen LogP contribution in [0, 0.1) is 5.92 Å². The highest BCUT2D eigenvalue weighted by atomic mass is 16.5. The summed E-state index contributed by atoms with van der Waals surface area (Å²) >= 11 is 0.